The largest absolute Gasteiger partial charge is 0.456 e. The molecule has 12 heteroatoms. The number of ether oxygens (including phenoxy) is 1. The molecular formula is C24H33N7O5. The second-order valence-electron chi connectivity index (χ2n) is 8.83. The Balaban J connectivity index is 2.18. The fourth-order valence-corrected chi connectivity index (χ4v) is 3.74. The van der Waals surface area contributed by atoms with Gasteiger partial charge in [0.25, 0.3) is 11.5 Å². The quantitative estimate of drug-likeness (QED) is 0.381. The van der Waals surface area contributed by atoms with Gasteiger partial charge in [0, 0.05) is 32.6 Å². The molecule has 2 rings (SSSR count). The molecule has 1 amide bonds. The van der Waals surface area contributed by atoms with E-state index in [-0.39, 0.29) is 44.7 Å². The van der Waals surface area contributed by atoms with Gasteiger partial charge in [0.05, 0.1) is 31.4 Å². The van der Waals surface area contributed by atoms with Crippen molar-refractivity contribution in [3.8, 4) is 12.1 Å². The summed E-state index contributed by atoms with van der Waals surface area (Å²) in [6.07, 6.45) is 1.90. The number of esters is 1. The van der Waals surface area contributed by atoms with E-state index in [9.17, 15) is 19.2 Å². The number of hydrogen-bond acceptors (Lipinski definition) is 8. The Morgan fingerprint density at radius 3 is 2.39 bits per heavy atom. The van der Waals surface area contributed by atoms with Crippen molar-refractivity contribution >= 4 is 23.0 Å². The van der Waals surface area contributed by atoms with Gasteiger partial charge < -0.3 is 14.2 Å². The molecule has 0 spiro atoms. The topological polar surface area (TPSA) is 167 Å². The van der Waals surface area contributed by atoms with Crippen LogP contribution in [0, 0.1) is 28.6 Å². The van der Waals surface area contributed by atoms with Gasteiger partial charge in [-0.05, 0) is 12.3 Å². The number of imidazole rings is 1. The molecule has 2 aromatic heterocycles. The molecule has 0 fully saturated rings. The number of nitrogens with zero attached hydrogens (tertiary/aromatic N) is 6. The molecule has 0 aliphatic rings. The first-order valence-electron chi connectivity index (χ1n) is 12.1. The van der Waals surface area contributed by atoms with Gasteiger partial charge >= 0.3 is 11.7 Å². The van der Waals surface area contributed by atoms with E-state index in [1.807, 2.05) is 32.9 Å². The Labute approximate surface area is 209 Å². The van der Waals surface area contributed by atoms with E-state index in [1.165, 1.54) is 9.47 Å². The van der Waals surface area contributed by atoms with E-state index in [2.05, 4.69) is 9.97 Å². The normalized spacial score (nSPS) is 10.8. The number of amides is 1. The lowest BCUT2D eigenvalue weighted by molar-refractivity contribution is -0.152. The molecule has 0 aliphatic carbocycles. The lowest BCUT2D eigenvalue weighted by Crippen LogP contribution is -2.36. The highest BCUT2D eigenvalue weighted by Crippen LogP contribution is 2.16. The molecule has 0 atom stereocenters. The first-order valence-corrected chi connectivity index (χ1v) is 12.1. The number of aromatic nitrogens is 4. The molecule has 0 unspecified atom stereocenters. The van der Waals surface area contributed by atoms with Crippen LogP contribution in [0.4, 0.5) is 0 Å². The maximum absolute atomic E-state index is 12.7. The zero-order chi connectivity index (χ0) is 26.7. The monoisotopic (exact) mass is 499 g/mol. The van der Waals surface area contributed by atoms with E-state index in [0.717, 1.165) is 12.8 Å². The molecule has 2 heterocycles. The van der Waals surface area contributed by atoms with E-state index in [1.54, 1.807) is 4.57 Å². The predicted molar refractivity (Wildman–Crippen MR) is 131 cm³/mol. The minimum atomic E-state index is -0.621. The lowest BCUT2D eigenvalue weighted by Gasteiger charge is -2.20. The van der Waals surface area contributed by atoms with Gasteiger partial charge in [-0.2, -0.15) is 10.5 Å². The Bertz CT molecular complexity index is 1240. The maximum atomic E-state index is 12.7. The van der Waals surface area contributed by atoms with Gasteiger partial charge in [-0.1, -0.05) is 27.2 Å². The molecule has 2 aromatic rings. The van der Waals surface area contributed by atoms with Gasteiger partial charge in [0.1, 0.15) is 5.82 Å². The van der Waals surface area contributed by atoms with Crippen LogP contribution in [0.2, 0.25) is 0 Å². The third-order valence-electron chi connectivity index (χ3n) is 5.50. The highest BCUT2D eigenvalue weighted by Gasteiger charge is 2.21. The van der Waals surface area contributed by atoms with Crippen molar-refractivity contribution < 1.29 is 14.3 Å². The number of rotatable bonds is 14. The highest BCUT2D eigenvalue weighted by atomic mass is 16.5. The van der Waals surface area contributed by atoms with Crippen molar-refractivity contribution in [2.24, 2.45) is 5.92 Å². The maximum Gasteiger partial charge on any atom is 0.330 e. The molecule has 0 radical (unpaired) electrons. The average molecular weight is 500 g/mol. The van der Waals surface area contributed by atoms with Gasteiger partial charge in [-0.25, -0.2) is 9.78 Å². The minimum absolute atomic E-state index is 0.0812. The molecule has 12 nitrogen and oxygen atoms in total. The standard InChI is InChI=1S/C24H33N7O5/c1-4-5-14-30-22-21(23(34)28-24(30)35)31(15-17(2)3)18(27-22)8-9-20(33)36-16-19(32)29(12-6-10-25)13-7-11-26/h17H,4-9,12-16H2,1-3H3,(H,28,34,35). The van der Waals surface area contributed by atoms with E-state index < -0.39 is 29.7 Å². The fraction of sp³-hybridized carbons (Fsp3) is 0.625. The van der Waals surface area contributed by atoms with Crippen LogP contribution in [-0.2, 0) is 33.8 Å². The number of fused-ring (bicyclic) bond motifs is 1. The molecule has 0 aromatic carbocycles. The molecule has 36 heavy (non-hydrogen) atoms. The Morgan fingerprint density at radius 1 is 1.14 bits per heavy atom. The molecular weight excluding hydrogens is 466 g/mol. The smallest absolute Gasteiger partial charge is 0.330 e. The number of unbranched alkanes of at least 4 members (excludes halogenated alkanes) is 1. The number of aromatic amines is 1. The van der Waals surface area contributed by atoms with E-state index in [4.69, 9.17) is 15.3 Å². The summed E-state index contributed by atoms with van der Waals surface area (Å²) in [5.74, 6) is -0.446. The molecule has 0 saturated carbocycles. The molecule has 0 aliphatic heterocycles. The van der Waals surface area contributed by atoms with Crippen LogP contribution in [0.3, 0.4) is 0 Å². The van der Waals surface area contributed by atoms with Crippen molar-refractivity contribution in [1.82, 2.24) is 24.0 Å². The van der Waals surface area contributed by atoms with Crippen LogP contribution in [0.5, 0.6) is 0 Å². The fourth-order valence-electron chi connectivity index (χ4n) is 3.74. The first-order chi connectivity index (χ1) is 17.2. The van der Waals surface area contributed by atoms with Crippen LogP contribution in [0.1, 0.15) is 58.7 Å². The van der Waals surface area contributed by atoms with Crippen LogP contribution < -0.4 is 11.2 Å². The first kappa shape index (κ1) is 28.3. The van der Waals surface area contributed by atoms with E-state index >= 15 is 0 Å². The van der Waals surface area contributed by atoms with Crippen molar-refractivity contribution in [1.29, 1.82) is 10.5 Å². The van der Waals surface area contributed by atoms with Gasteiger partial charge in [0.2, 0.25) is 0 Å². The molecule has 194 valence electrons. The number of H-pyrrole nitrogens is 1. The zero-order valence-electron chi connectivity index (χ0n) is 21.1. The molecule has 0 saturated heterocycles. The summed E-state index contributed by atoms with van der Waals surface area (Å²) in [4.78, 5) is 58.1. The second kappa shape index (κ2) is 13.8. The van der Waals surface area contributed by atoms with Gasteiger partial charge in [0.15, 0.2) is 17.8 Å². The van der Waals surface area contributed by atoms with Crippen LogP contribution in [0.15, 0.2) is 9.59 Å². The number of carbonyl (C=O) groups excluding carboxylic acids is 2. The average Bonchev–Trinajstić information content (AvgIpc) is 3.18. The number of aryl methyl sites for hydroxylation is 2. The SMILES string of the molecule is CCCCn1c(=O)[nH]c(=O)c2c1nc(CCC(=O)OCC(=O)N(CCC#N)CCC#N)n2CC(C)C. The number of carbonyl (C=O) groups is 2. The summed E-state index contributed by atoms with van der Waals surface area (Å²) in [7, 11) is 0. The summed E-state index contributed by atoms with van der Waals surface area (Å²) < 4.78 is 8.32. The van der Waals surface area contributed by atoms with Crippen LogP contribution in [-0.4, -0.2) is 55.6 Å². The Kier molecular flexibility index (Phi) is 10.9. The summed E-state index contributed by atoms with van der Waals surface area (Å²) >= 11 is 0. The van der Waals surface area contributed by atoms with Crippen molar-refractivity contribution in [3.05, 3.63) is 26.7 Å². The van der Waals surface area contributed by atoms with Crippen molar-refractivity contribution in [2.45, 2.75) is 72.4 Å². The molecule has 0 bridgehead atoms. The van der Waals surface area contributed by atoms with E-state index in [0.29, 0.717) is 30.1 Å². The Hall–Kier alpha value is -3.93. The number of nitrogens with one attached hydrogen (secondary N) is 1. The summed E-state index contributed by atoms with van der Waals surface area (Å²) in [6.45, 7) is 6.68. The van der Waals surface area contributed by atoms with Gasteiger partial charge in [-0.3, -0.25) is 23.9 Å². The number of nitriles is 2. The predicted octanol–water partition coefficient (Wildman–Crippen LogP) is 1.47. The second-order valence-corrected chi connectivity index (χ2v) is 8.83. The minimum Gasteiger partial charge on any atom is -0.456 e. The highest BCUT2D eigenvalue weighted by molar-refractivity contribution is 5.80. The van der Waals surface area contributed by atoms with Crippen LogP contribution >= 0.6 is 0 Å². The number of hydrogen-bond donors (Lipinski definition) is 1. The zero-order valence-corrected chi connectivity index (χ0v) is 21.1. The lowest BCUT2D eigenvalue weighted by atomic mass is 10.2. The third kappa shape index (κ3) is 7.54. The summed E-state index contributed by atoms with van der Waals surface area (Å²) in [5, 5.41) is 17.5. The Morgan fingerprint density at radius 2 is 1.81 bits per heavy atom. The van der Waals surface area contributed by atoms with Crippen molar-refractivity contribution in [2.75, 3.05) is 19.7 Å². The van der Waals surface area contributed by atoms with Gasteiger partial charge in [-0.15, -0.1) is 0 Å². The summed E-state index contributed by atoms with van der Waals surface area (Å²) in [6, 6.07) is 3.89. The molecule has 1 N–H and O–H groups in total. The van der Waals surface area contributed by atoms with Crippen molar-refractivity contribution in [3.63, 3.8) is 0 Å². The third-order valence-corrected chi connectivity index (χ3v) is 5.50. The van der Waals surface area contributed by atoms with Crippen LogP contribution in [0.25, 0.3) is 11.2 Å². The summed E-state index contributed by atoms with van der Waals surface area (Å²) in [5.41, 5.74) is -0.451.